The highest BCUT2D eigenvalue weighted by Crippen LogP contribution is 2.29. The van der Waals surface area contributed by atoms with Gasteiger partial charge in [-0.05, 0) is 35.4 Å². The van der Waals surface area contributed by atoms with Crippen molar-refractivity contribution in [2.45, 2.75) is 19.0 Å². The summed E-state index contributed by atoms with van der Waals surface area (Å²) in [7, 11) is 0. The zero-order chi connectivity index (χ0) is 26.2. The van der Waals surface area contributed by atoms with Crippen LogP contribution < -0.4 is 10.2 Å². The standard InChI is InChI=1S/C29H26ClN3O3S/c1-2-16-33(29-32-26(19-37-29)22-12-14-24(30)15-13-22)18-21-8-10-23(11-9-21)27(34)31-25(28(35)36)17-20-6-4-3-5-7-20/h2-15,19,25H,1,16-18H2,(H,31,34)(H,35,36). The Morgan fingerprint density at radius 1 is 1.03 bits per heavy atom. The van der Waals surface area contributed by atoms with Gasteiger partial charge in [-0.15, -0.1) is 17.9 Å². The fraction of sp³-hybridized carbons (Fsp3) is 0.138. The predicted molar refractivity (Wildman–Crippen MR) is 149 cm³/mol. The van der Waals surface area contributed by atoms with Crippen LogP contribution in [0.4, 0.5) is 5.13 Å². The Kier molecular flexibility index (Phi) is 8.72. The number of hydrogen-bond acceptors (Lipinski definition) is 5. The lowest BCUT2D eigenvalue weighted by Gasteiger charge is -2.20. The molecule has 1 amide bonds. The van der Waals surface area contributed by atoms with Crippen molar-refractivity contribution in [2.75, 3.05) is 11.4 Å². The van der Waals surface area contributed by atoms with Gasteiger partial charge < -0.3 is 15.3 Å². The van der Waals surface area contributed by atoms with Crippen molar-refractivity contribution in [2.24, 2.45) is 0 Å². The van der Waals surface area contributed by atoms with Crippen LogP contribution in [0.2, 0.25) is 5.02 Å². The van der Waals surface area contributed by atoms with E-state index in [4.69, 9.17) is 16.6 Å². The quantitative estimate of drug-likeness (QED) is 0.229. The van der Waals surface area contributed by atoms with Crippen LogP contribution in [0.15, 0.2) is 96.9 Å². The SMILES string of the molecule is C=CCN(Cc1ccc(C(=O)NC(Cc2ccccc2)C(=O)O)cc1)c1nc(-c2ccc(Cl)cc2)cs1. The first kappa shape index (κ1) is 26.1. The van der Waals surface area contributed by atoms with Gasteiger partial charge in [0.25, 0.3) is 5.91 Å². The molecule has 0 aliphatic heterocycles. The monoisotopic (exact) mass is 531 g/mol. The zero-order valence-electron chi connectivity index (χ0n) is 20.0. The lowest BCUT2D eigenvalue weighted by molar-refractivity contribution is -0.139. The number of carbonyl (C=O) groups is 2. The number of benzene rings is 3. The summed E-state index contributed by atoms with van der Waals surface area (Å²) in [5, 5.41) is 15.8. The van der Waals surface area contributed by atoms with Crippen molar-refractivity contribution in [3.63, 3.8) is 0 Å². The molecular formula is C29H26ClN3O3S. The number of anilines is 1. The lowest BCUT2D eigenvalue weighted by Crippen LogP contribution is -2.42. The van der Waals surface area contributed by atoms with E-state index < -0.39 is 17.9 Å². The van der Waals surface area contributed by atoms with Gasteiger partial charge in [0.05, 0.1) is 5.69 Å². The van der Waals surface area contributed by atoms with Gasteiger partial charge in [-0.3, -0.25) is 4.79 Å². The maximum absolute atomic E-state index is 12.8. The summed E-state index contributed by atoms with van der Waals surface area (Å²) >= 11 is 7.55. The summed E-state index contributed by atoms with van der Waals surface area (Å²) in [4.78, 5) is 31.4. The van der Waals surface area contributed by atoms with Gasteiger partial charge in [-0.2, -0.15) is 0 Å². The Bertz CT molecular complexity index is 1360. The van der Waals surface area contributed by atoms with Crippen molar-refractivity contribution in [1.29, 1.82) is 0 Å². The summed E-state index contributed by atoms with van der Waals surface area (Å²) in [5.41, 5.74) is 4.10. The van der Waals surface area contributed by atoms with Crippen molar-refractivity contribution in [3.8, 4) is 11.3 Å². The second kappa shape index (κ2) is 12.3. The van der Waals surface area contributed by atoms with Crippen molar-refractivity contribution < 1.29 is 14.7 Å². The zero-order valence-corrected chi connectivity index (χ0v) is 21.6. The van der Waals surface area contributed by atoms with E-state index in [1.807, 2.05) is 78.2 Å². The molecule has 4 aromatic rings. The molecule has 1 unspecified atom stereocenters. The second-order valence-electron chi connectivity index (χ2n) is 8.44. The van der Waals surface area contributed by atoms with E-state index in [9.17, 15) is 14.7 Å². The minimum absolute atomic E-state index is 0.211. The van der Waals surface area contributed by atoms with Gasteiger partial charge in [-0.1, -0.05) is 72.3 Å². The average Bonchev–Trinajstić information content (AvgIpc) is 3.40. The Balaban J connectivity index is 1.42. The summed E-state index contributed by atoms with van der Waals surface area (Å²) in [5.74, 6) is -1.50. The van der Waals surface area contributed by atoms with Gasteiger partial charge in [0.1, 0.15) is 6.04 Å². The highest BCUT2D eigenvalue weighted by molar-refractivity contribution is 7.14. The van der Waals surface area contributed by atoms with Gasteiger partial charge in [0.15, 0.2) is 5.13 Å². The molecule has 0 aliphatic carbocycles. The largest absolute Gasteiger partial charge is 0.480 e. The molecule has 0 aliphatic rings. The van der Waals surface area contributed by atoms with E-state index >= 15 is 0 Å². The summed E-state index contributed by atoms with van der Waals surface area (Å²) < 4.78 is 0. The number of nitrogens with zero attached hydrogens (tertiary/aromatic N) is 2. The van der Waals surface area contributed by atoms with Crippen LogP contribution in [0.1, 0.15) is 21.5 Å². The molecule has 0 spiro atoms. The van der Waals surface area contributed by atoms with E-state index in [-0.39, 0.29) is 6.42 Å². The average molecular weight is 532 g/mol. The minimum atomic E-state index is -1.07. The predicted octanol–water partition coefficient (Wildman–Crippen LogP) is 6.08. The molecule has 0 radical (unpaired) electrons. The van der Waals surface area contributed by atoms with Crippen LogP contribution >= 0.6 is 22.9 Å². The van der Waals surface area contributed by atoms with Crippen LogP contribution in [-0.4, -0.2) is 34.6 Å². The van der Waals surface area contributed by atoms with Gasteiger partial charge in [-0.25, -0.2) is 9.78 Å². The molecule has 2 N–H and O–H groups in total. The number of carboxylic acids is 1. The molecule has 37 heavy (non-hydrogen) atoms. The normalized spacial score (nSPS) is 11.5. The first-order chi connectivity index (χ1) is 17.9. The highest BCUT2D eigenvalue weighted by atomic mass is 35.5. The molecule has 188 valence electrons. The number of carboxylic acid groups (broad SMARTS) is 1. The van der Waals surface area contributed by atoms with Gasteiger partial charge >= 0.3 is 5.97 Å². The van der Waals surface area contributed by atoms with E-state index in [1.54, 1.807) is 23.5 Å². The molecule has 0 fully saturated rings. The number of aliphatic carboxylic acids is 1. The molecule has 0 bridgehead atoms. The van der Waals surface area contributed by atoms with Crippen LogP contribution in [0.25, 0.3) is 11.3 Å². The van der Waals surface area contributed by atoms with Crippen molar-refractivity contribution >= 4 is 39.9 Å². The first-order valence-corrected chi connectivity index (χ1v) is 12.9. The Morgan fingerprint density at radius 2 is 1.73 bits per heavy atom. The molecular weight excluding hydrogens is 506 g/mol. The topological polar surface area (TPSA) is 82.5 Å². The second-order valence-corrected chi connectivity index (χ2v) is 9.72. The summed E-state index contributed by atoms with van der Waals surface area (Å²) in [6.45, 7) is 5.05. The Hall–Kier alpha value is -3.94. The number of carbonyl (C=O) groups excluding carboxylic acids is 1. The van der Waals surface area contributed by atoms with E-state index in [1.165, 1.54) is 0 Å². The van der Waals surface area contributed by atoms with Crippen molar-refractivity contribution in [3.05, 3.63) is 119 Å². The Morgan fingerprint density at radius 3 is 2.38 bits per heavy atom. The molecule has 1 atom stereocenters. The maximum Gasteiger partial charge on any atom is 0.326 e. The molecule has 1 aromatic heterocycles. The van der Waals surface area contributed by atoms with E-state index in [0.717, 1.165) is 27.5 Å². The van der Waals surface area contributed by atoms with Gasteiger partial charge in [0.2, 0.25) is 0 Å². The number of hydrogen-bond donors (Lipinski definition) is 2. The highest BCUT2D eigenvalue weighted by Gasteiger charge is 2.21. The van der Waals surface area contributed by atoms with E-state index in [0.29, 0.717) is 23.7 Å². The van der Waals surface area contributed by atoms with Crippen LogP contribution in [0.5, 0.6) is 0 Å². The van der Waals surface area contributed by atoms with Crippen molar-refractivity contribution in [1.82, 2.24) is 10.3 Å². The van der Waals surface area contributed by atoms with E-state index in [2.05, 4.69) is 16.8 Å². The molecule has 3 aromatic carbocycles. The lowest BCUT2D eigenvalue weighted by atomic mass is 10.1. The molecule has 6 nitrogen and oxygen atoms in total. The third kappa shape index (κ3) is 7.06. The molecule has 4 rings (SSSR count). The summed E-state index contributed by atoms with van der Waals surface area (Å²) in [6, 6.07) is 22.9. The number of aromatic nitrogens is 1. The third-order valence-electron chi connectivity index (χ3n) is 5.73. The first-order valence-electron chi connectivity index (χ1n) is 11.7. The molecule has 0 saturated heterocycles. The smallest absolute Gasteiger partial charge is 0.326 e. The molecule has 8 heteroatoms. The number of amides is 1. The molecule has 0 saturated carbocycles. The maximum atomic E-state index is 12.8. The number of rotatable bonds is 11. The number of nitrogens with one attached hydrogen (secondary N) is 1. The number of halogens is 1. The Labute approximate surface area is 224 Å². The van der Waals surface area contributed by atoms with Gasteiger partial charge in [0, 0.05) is 41.0 Å². The summed E-state index contributed by atoms with van der Waals surface area (Å²) in [6.07, 6.45) is 2.03. The minimum Gasteiger partial charge on any atom is -0.480 e. The fourth-order valence-electron chi connectivity index (χ4n) is 3.80. The van der Waals surface area contributed by atoms with Crippen LogP contribution in [0.3, 0.4) is 0 Å². The third-order valence-corrected chi connectivity index (χ3v) is 6.88. The van der Waals surface area contributed by atoms with Crippen LogP contribution in [0, 0.1) is 0 Å². The number of thiazole rings is 1. The fourth-order valence-corrected chi connectivity index (χ4v) is 4.77. The molecule has 1 heterocycles. The van der Waals surface area contributed by atoms with Crippen LogP contribution in [-0.2, 0) is 17.8 Å².